The van der Waals surface area contributed by atoms with E-state index < -0.39 is 6.10 Å². The van der Waals surface area contributed by atoms with Gasteiger partial charge in [-0.3, -0.25) is 9.59 Å². The van der Waals surface area contributed by atoms with Gasteiger partial charge < -0.3 is 14.6 Å². The minimum absolute atomic E-state index is 0.0822. The van der Waals surface area contributed by atoms with Gasteiger partial charge in [0.2, 0.25) is 0 Å². The third kappa shape index (κ3) is 70.0. The van der Waals surface area contributed by atoms with Gasteiger partial charge in [-0.05, 0) is 122 Å². The van der Waals surface area contributed by atoms with Gasteiger partial charge >= 0.3 is 11.9 Å². The molecule has 0 saturated carbocycles. The van der Waals surface area contributed by atoms with Gasteiger partial charge in [0.05, 0.1) is 6.61 Å². The van der Waals surface area contributed by atoms with Crippen LogP contribution < -0.4 is 0 Å². The zero-order chi connectivity index (χ0) is 60.5. The van der Waals surface area contributed by atoms with E-state index in [0.717, 1.165) is 135 Å². The monoisotopic (exact) mass is 1160 g/mol. The summed E-state index contributed by atoms with van der Waals surface area (Å²) in [5.74, 6) is -0.618. The molecule has 0 aromatic rings. The van der Waals surface area contributed by atoms with Crippen molar-refractivity contribution in [1.29, 1.82) is 0 Å². The first kappa shape index (κ1) is 79.5. The van der Waals surface area contributed by atoms with E-state index in [1.807, 2.05) is 0 Å². The molecule has 5 nitrogen and oxygen atoms in total. The van der Waals surface area contributed by atoms with Gasteiger partial charge in [-0.2, -0.15) is 0 Å². The maximum Gasteiger partial charge on any atom is 0.306 e. The molecule has 1 atom stereocenters. The van der Waals surface area contributed by atoms with Crippen molar-refractivity contribution in [3.05, 3.63) is 158 Å². The van der Waals surface area contributed by atoms with E-state index in [1.165, 1.54) is 148 Å². The van der Waals surface area contributed by atoms with Crippen LogP contribution in [0, 0.1) is 0 Å². The second kappa shape index (κ2) is 72.8. The predicted octanol–water partition coefficient (Wildman–Crippen LogP) is 24.6. The summed E-state index contributed by atoms with van der Waals surface area (Å²) in [5, 5.41) is 9.69. The van der Waals surface area contributed by atoms with Crippen molar-refractivity contribution < 1.29 is 24.2 Å². The maximum atomic E-state index is 12.3. The van der Waals surface area contributed by atoms with E-state index in [4.69, 9.17) is 9.47 Å². The summed E-state index contributed by atoms with van der Waals surface area (Å²) in [6.45, 7) is 3.91. The lowest BCUT2D eigenvalue weighted by molar-refractivity contribution is -0.161. The summed E-state index contributed by atoms with van der Waals surface area (Å²) in [5.41, 5.74) is 0. The average molecular weight is 1160 g/mol. The Morgan fingerprint density at radius 2 is 0.476 bits per heavy atom. The van der Waals surface area contributed by atoms with Gasteiger partial charge in [-0.25, -0.2) is 0 Å². The van der Waals surface area contributed by atoms with E-state index in [-0.39, 0.29) is 25.2 Å². The predicted molar refractivity (Wildman–Crippen MR) is 370 cm³/mol. The first-order valence-electron chi connectivity index (χ1n) is 35.0. The lowest BCUT2D eigenvalue weighted by Gasteiger charge is -2.15. The SMILES string of the molecule is CC/C=C\C/C=C\C/C=C\C/C=C\C/C=C\C/C=C\C/C=C\C/C=C\CCCCCCC(=O)OC(CO)COC(=O)CCCCCCCCCCCCCCCCCCCCCCCCCCC/C=C\C/C=C\C/C=C\C/C=C\C/C=C\CC. The van der Waals surface area contributed by atoms with Crippen LogP contribution in [-0.4, -0.2) is 36.4 Å². The molecule has 5 heteroatoms. The Kier molecular flexibility index (Phi) is 68.9. The number of aliphatic hydroxyl groups excluding tert-OH is 1. The quantitative estimate of drug-likeness (QED) is 0.0373. The van der Waals surface area contributed by atoms with Crippen molar-refractivity contribution in [2.45, 2.75) is 315 Å². The Balaban J connectivity index is 3.50. The van der Waals surface area contributed by atoms with Gasteiger partial charge in [-0.1, -0.05) is 332 Å². The molecule has 0 fully saturated rings. The highest BCUT2D eigenvalue weighted by Crippen LogP contribution is 2.17. The van der Waals surface area contributed by atoms with E-state index in [2.05, 4.69) is 172 Å². The minimum Gasteiger partial charge on any atom is -0.462 e. The van der Waals surface area contributed by atoms with Crippen molar-refractivity contribution in [3.63, 3.8) is 0 Å². The number of rotatable bonds is 63. The second-order valence-electron chi connectivity index (χ2n) is 22.8. The number of esters is 2. The van der Waals surface area contributed by atoms with Crippen molar-refractivity contribution in [1.82, 2.24) is 0 Å². The van der Waals surface area contributed by atoms with Gasteiger partial charge in [0.15, 0.2) is 6.10 Å². The second-order valence-corrected chi connectivity index (χ2v) is 22.8. The topological polar surface area (TPSA) is 72.8 Å². The first-order valence-corrected chi connectivity index (χ1v) is 35.0. The molecule has 0 aliphatic carbocycles. The van der Waals surface area contributed by atoms with E-state index >= 15 is 0 Å². The van der Waals surface area contributed by atoms with Crippen molar-refractivity contribution in [2.75, 3.05) is 13.2 Å². The molecule has 1 unspecified atom stereocenters. The molecule has 1 N–H and O–H groups in total. The van der Waals surface area contributed by atoms with E-state index in [9.17, 15) is 14.7 Å². The molecule has 0 amide bonds. The highest BCUT2D eigenvalue weighted by atomic mass is 16.6. The van der Waals surface area contributed by atoms with Crippen molar-refractivity contribution in [2.24, 2.45) is 0 Å². The molecule has 0 aromatic carbocycles. The summed E-state index contributed by atoms with van der Waals surface area (Å²) in [6, 6.07) is 0. The number of carbonyl (C=O) groups excluding carboxylic acids is 2. The van der Waals surface area contributed by atoms with Crippen LogP contribution in [0.25, 0.3) is 0 Å². The van der Waals surface area contributed by atoms with Crippen LogP contribution in [-0.2, 0) is 19.1 Å². The molecular weight excluding hydrogens is 1030 g/mol. The molecule has 0 radical (unpaired) electrons. The molecule has 0 rings (SSSR count). The third-order valence-corrected chi connectivity index (χ3v) is 14.8. The molecule has 84 heavy (non-hydrogen) atoms. The highest BCUT2D eigenvalue weighted by Gasteiger charge is 2.16. The molecule has 0 bridgehead atoms. The lowest BCUT2D eigenvalue weighted by Crippen LogP contribution is -2.28. The molecular formula is C79H130O5. The largest absolute Gasteiger partial charge is 0.462 e. The van der Waals surface area contributed by atoms with Gasteiger partial charge in [-0.15, -0.1) is 0 Å². The van der Waals surface area contributed by atoms with Crippen LogP contribution in [0.2, 0.25) is 0 Å². The number of hydrogen-bond donors (Lipinski definition) is 1. The summed E-state index contributed by atoms with van der Waals surface area (Å²) < 4.78 is 10.7. The van der Waals surface area contributed by atoms with Gasteiger partial charge in [0.1, 0.15) is 6.61 Å². The fourth-order valence-corrected chi connectivity index (χ4v) is 9.66. The minimum atomic E-state index is -0.796. The number of carbonyl (C=O) groups is 2. The maximum absolute atomic E-state index is 12.3. The normalized spacial score (nSPS) is 13.2. The first-order chi connectivity index (χ1) is 41.6. The Labute approximate surface area is 520 Å². The van der Waals surface area contributed by atoms with Gasteiger partial charge in [0, 0.05) is 12.8 Å². The number of allylic oxidation sites excluding steroid dienone is 26. The summed E-state index contributed by atoms with van der Waals surface area (Å²) in [6.07, 6.45) is 111. The van der Waals surface area contributed by atoms with Crippen LogP contribution in [0.5, 0.6) is 0 Å². The lowest BCUT2D eigenvalue weighted by atomic mass is 10.0. The molecule has 0 aromatic heterocycles. The fraction of sp³-hybridized carbons (Fsp3) is 0.646. The summed E-state index contributed by atoms with van der Waals surface area (Å²) in [7, 11) is 0. The average Bonchev–Trinajstić information content (AvgIpc) is 3.51. The number of hydrogen-bond acceptors (Lipinski definition) is 5. The molecule has 0 spiro atoms. The molecule has 0 aliphatic heterocycles. The van der Waals surface area contributed by atoms with Crippen LogP contribution in [0.1, 0.15) is 309 Å². The zero-order valence-corrected chi connectivity index (χ0v) is 54.6. The van der Waals surface area contributed by atoms with Crippen LogP contribution >= 0.6 is 0 Å². The highest BCUT2D eigenvalue weighted by molar-refractivity contribution is 5.70. The van der Waals surface area contributed by atoms with Crippen molar-refractivity contribution >= 4 is 11.9 Å². The summed E-state index contributed by atoms with van der Waals surface area (Å²) >= 11 is 0. The Morgan fingerprint density at radius 1 is 0.274 bits per heavy atom. The summed E-state index contributed by atoms with van der Waals surface area (Å²) in [4.78, 5) is 24.6. The Morgan fingerprint density at radius 3 is 0.714 bits per heavy atom. The van der Waals surface area contributed by atoms with E-state index in [1.54, 1.807) is 0 Å². The molecule has 476 valence electrons. The molecule has 0 saturated heterocycles. The van der Waals surface area contributed by atoms with Crippen LogP contribution in [0.3, 0.4) is 0 Å². The number of unbranched alkanes of at least 4 members (excludes halogenated alkanes) is 29. The van der Waals surface area contributed by atoms with Gasteiger partial charge in [0.25, 0.3) is 0 Å². The number of aliphatic hydroxyl groups is 1. The Bertz CT molecular complexity index is 1790. The third-order valence-electron chi connectivity index (χ3n) is 14.8. The van der Waals surface area contributed by atoms with Crippen molar-refractivity contribution in [3.8, 4) is 0 Å². The van der Waals surface area contributed by atoms with E-state index in [0.29, 0.717) is 12.8 Å². The molecule has 0 aliphatic rings. The fourth-order valence-electron chi connectivity index (χ4n) is 9.66. The van der Waals surface area contributed by atoms with Crippen LogP contribution in [0.4, 0.5) is 0 Å². The van der Waals surface area contributed by atoms with Crippen LogP contribution in [0.15, 0.2) is 158 Å². The standard InChI is InChI=1S/C79H130O5/c1-3-5-7-9-11-13-15-17-19-21-23-25-27-29-31-33-34-35-36-37-38-39-40-41-42-43-44-46-47-49-51-53-55-57-59-61-63-65-67-69-71-73-78(81)83-76-77(75-80)84-79(82)74-72-70-68-66-64-62-60-58-56-54-52-50-48-45-32-30-28-26-24-22-20-18-16-14-12-10-8-6-4-2/h5-8,11-14,17-20,23-26,29-32,48,50,54,56,60,62,77,80H,3-4,9-10,15-16,21-22,27-28,33-47,49,51-53,55,57-59,61,63-76H2,1-2H3/b7-5-,8-6-,13-11-,14-12-,19-17-,20-18-,25-23-,26-24-,31-29-,32-30-,50-48-,56-54-,62-60-. The number of ether oxygens (including phenoxy) is 2. The molecule has 0 heterocycles. The zero-order valence-electron chi connectivity index (χ0n) is 54.6. The Hall–Kier alpha value is -4.48. The smallest absolute Gasteiger partial charge is 0.306 e.